The first-order chi connectivity index (χ1) is 8.06. The number of hydrogen-bond donors (Lipinski definition) is 2. The predicted molar refractivity (Wildman–Crippen MR) is 63.2 cm³/mol. The summed E-state index contributed by atoms with van der Waals surface area (Å²) in [7, 11) is 1.62. The molecule has 0 heterocycles. The fraction of sp³-hybridized carbons (Fsp3) is 0.417. The summed E-state index contributed by atoms with van der Waals surface area (Å²) in [6, 6.07) is 3.86. The molecule has 1 amide bonds. The van der Waals surface area contributed by atoms with Crippen molar-refractivity contribution in [1.82, 2.24) is 4.90 Å². The molecule has 0 bridgehead atoms. The fourth-order valence-electron chi connectivity index (χ4n) is 1.35. The van der Waals surface area contributed by atoms with Crippen LogP contribution in [0.4, 0.5) is 0 Å². The molecule has 0 atom stereocenters. The first-order valence-electron chi connectivity index (χ1n) is 5.41. The lowest BCUT2D eigenvalue weighted by Gasteiger charge is -2.17. The molecule has 0 aliphatic rings. The van der Waals surface area contributed by atoms with Crippen molar-refractivity contribution in [1.29, 1.82) is 0 Å². The molecule has 1 rings (SSSR count). The molecule has 0 saturated heterocycles. The van der Waals surface area contributed by atoms with Crippen molar-refractivity contribution in [2.24, 2.45) is 0 Å². The molecule has 2 N–H and O–H groups in total. The van der Waals surface area contributed by atoms with Crippen molar-refractivity contribution in [2.75, 3.05) is 26.8 Å². The van der Waals surface area contributed by atoms with Gasteiger partial charge in [0.1, 0.15) is 11.5 Å². The van der Waals surface area contributed by atoms with E-state index in [-0.39, 0.29) is 23.0 Å². The van der Waals surface area contributed by atoms with E-state index in [0.717, 1.165) is 0 Å². The molecule has 0 aliphatic heterocycles. The third-order valence-corrected chi connectivity index (χ3v) is 2.33. The van der Waals surface area contributed by atoms with Gasteiger partial charge in [-0.3, -0.25) is 4.79 Å². The molecule has 0 unspecified atom stereocenters. The van der Waals surface area contributed by atoms with Crippen molar-refractivity contribution in [3.05, 3.63) is 23.8 Å². The van der Waals surface area contributed by atoms with Gasteiger partial charge in [0.05, 0.1) is 12.2 Å². The highest BCUT2D eigenvalue weighted by atomic mass is 16.5. The molecule has 0 aliphatic carbocycles. The highest BCUT2D eigenvalue weighted by Crippen LogP contribution is 2.23. The lowest BCUT2D eigenvalue weighted by Crippen LogP contribution is -2.30. The van der Waals surface area contributed by atoms with E-state index in [9.17, 15) is 15.0 Å². The summed E-state index contributed by atoms with van der Waals surface area (Å²) in [5.41, 5.74) is 0.0870. The lowest BCUT2D eigenvalue weighted by molar-refractivity contribution is 0.0707. The first-order valence-corrected chi connectivity index (χ1v) is 5.41. The second-order valence-electron chi connectivity index (χ2n) is 3.63. The number of amides is 1. The average Bonchev–Trinajstić information content (AvgIpc) is 2.31. The van der Waals surface area contributed by atoms with E-state index in [2.05, 4.69) is 0 Å². The van der Waals surface area contributed by atoms with E-state index in [0.29, 0.717) is 19.8 Å². The van der Waals surface area contributed by atoms with E-state index < -0.39 is 0 Å². The molecule has 5 nitrogen and oxygen atoms in total. The van der Waals surface area contributed by atoms with Crippen molar-refractivity contribution in [3.8, 4) is 11.5 Å². The van der Waals surface area contributed by atoms with Gasteiger partial charge in [0.2, 0.25) is 0 Å². The minimum absolute atomic E-state index is 0.0515. The second-order valence-corrected chi connectivity index (χ2v) is 3.63. The van der Waals surface area contributed by atoms with Crippen LogP contribution in [-0.4, -0.2) is 47.8 Å². The van der Waals surface area contributed by atoms with Gasteiger partial charge in [-0.05, 0) is 25.1 Å². The molecular weight excluding hydrogens is 222 g/mol. The molecule has 0 aromatic heterocycles. The van der Waals surface area contributed by atoms with Gasteiger partial charge in [0, 0.05) is 20.2 Å². The summed E-state index contributed by atoms with van der Waals surface area (Å²) in [6.07, 6.45) is 0. The van der Waals surface area contributed by atoms with Gasteiger partial charge in [-0.2, -0.15) is 0 Å². The van der Waals surface area contributed by atoms with E-state index in [1.807, 2.05) is 6.92 Å². The van der Waals surface area contributed by atoms with Crippen LogP contribution in [-0.2, 0) is 4.74 Å². The Morgan fingerprint density at radius 3 is 2.76 bits per heavy atom. The minimum atomic E-state index is -0.349. The van der Waals surface area contributed by atoms with Crippen LogP contribution < -0.4 is 0 Å². The fourth-order valence-corrected chi connectivity index (χ4v) is 1.35. The van der Waals surface area contributed by atoms with Crippen LogP contribution >= 0.6 is 0 Å². The number of hydrogen-bond acceptors (Lipinski definition) is 4. The zero-order chi connectivity index (χ0) is 12.8. The number of rotatable bonds is 5. The van der Waals surface area contributed by atoms with Crippen LogP contribution in [0.25, 0.3) is 0 Å². The number of benzene rings is 1. The Hall–Kier alpha value is -1.75. The summed E-state index contributed by atoms with van der Waals surface area (Å²) in [4.78, 5) is 13.3. The number of carbonyl (C=O) groups excluding carboxylic acids is 1. The Balaban J connectivity index is 2.71. The van der Waals surface area contributed by atoms with Crippen molar-refractivity contribution < 1.29 is 19.7 Å². The summed E-state index contributed by atoms with van der Waals surface area (Å²) in [5.74, 6) is -0.543. The monoisotopic (exact) mass is 239 g/mol. The van der Waals surface area contributed by atoms with Gasteiger partial charge < -0.3 is 19.8 Å². The SMILES string of the molecule is CCOCCN(C)C(=O)c1cc(O)ccc1O. The Kier molecular flexibility index (Phi) is 4.78. The standard InChI is InChI=1S/C12H17NO4/c1-3-17-7-6-13(2)12(16)10-8-9(14)4-5-11(10)15/h4-5,8,14-15H,3,6-7H2,1-2H3. The Morgan fingerprint density at radius 1 is 1.41 bits per heavy atom. The topological polar surface area (TPSA) is 70.0 Å². The van der Waals surface area contributed by atoms with Gasteiger partial charge in [0.25, 0.3) is 5.91 Å². The molecule has 0 saturated carbocycles. The van der Waals surface area contributed by atoms with Gasteiger partial charge >= 0.3 is 0 Å². The smallest absolute Gasteiger partial charge is 0.257 e. The Bertz CT molecular complexity index is 392. The van der Waals surface area contributed by atoms with Crippen LogP contribution in [0.5, 0.6) is 11.5 Å². The maximum absolute atomic E-state index is 11.9. The average molecular weight is 239 g/mol. The predicted octanol–water partition coefficient (Wildman–Crippen LogP) is 1.21. The maximum Gasteiger partial charge on any atom is 0.257 e. The normalized spacial score (nSPS) is 10.2. The lowest BCUT2D eigenvalue weighted by atomic mass is 10.1. The molecule has 1 aromatic carbocycles. The van der Waals surface area contributed by atoms with Crippen molar-refractivity contribution >= 4 is 5.91 Å². The zero-order valence-electron chi connectivity index (χ0n) is 10.0. The third kappa shape index (κ3) is 3.64. The Labute approximate surface area is 100 Å². The minimum Gasteiger partial charge on any atom is -0.508 e. The number of likely N-dealkylation sites (N-methyl/N-ethyl adjacent to an activating group) is 1. The molecule has 0 spiro atoms. The molecule has 17 heavy (non-hydrogen) atoms. The molecule has 1 aromatic rings. The number of carbonyl (C=O) groups is 1. The number of nitrogens with zero attached hydrogens (tertiary/aromatic N) is 1. The highest BCUT2D eigenvalue weighted by Gasteiger charge is 2.16. The van der Waals surface area contributed by atoms with Crippen LogP contribution in [0.3, 0.4) is 0 Å². The maximum atomic E-state index is 11.9. The van der Waals surface area contributed by atoms with Gasteiger partial charge in [-0.25, -0.2) is 0 Å². The highest BCUT2D eigenvalue weighted by molar-refractivity contribution is 5.97. The van der Waals surface area contributed by atoms with Crippen LogP contribution in [0.1, 0.15) is 17.3 Å². The number of aromatic hydroxyl groups is 2. The van der Waals surface area contributed by atoms with Crippen LogP contribution in [0.15, 0.2) is 18.2 Å². The van der Waals surface area contributed by atoms with Gasteiger partial charge in [-0.1, -0.05) is 0 Å². The zero-order valence-corrected chi connectivity index (χ0v) is 10.0. The van der Waals surface area contributed by atoms with E-state index in [1.54, 1.807) is 7.05 Å². The number of phenolic OH excluding ortho intramolecular Hbond substituents is 2. The second kappa shape index (κ2) is 6.10. The molecule has 0 radical (unpaired) electrons. The Morgan fingerprint density at radius 2 is 2.12 bits per heavy atom. The van der Waals surface area contributed by atoms with Crippen molar-refractivity contribution in [2.45, 2.75) is 6.92 Å². The quantitative estimate of drug-likeness (QED) is 0.598. The molecular formula is C12H17NO4. The molecule has 94 valence electrons. The summed E-state index contributed by atoms with van der Waals surface area (Å²) < 4.78 is 5.14. The number of ether oxygens (including phenoxy) is 1. The molecule has 0 fully saturated rings. The van der Waals surface area contributed by atoms with E-state index in [1.165, 1.54) is 23.1 Å². The largest absolute Gasteiger partial charge is 0.508 e. The van der Waals surface area contributed by atoms with E-state index in [4.69, 9.17) is 4.74 Å². The number of phenols is 2. The summed E-state index contributed by atoms with van der Waals surface area (Å²) >= 11 is 0. The van der Waals surface area contributed by atoms with Gasteiger partial charge in [-0.15, -0.1) is 0 Å². The summed E-state index contributed by atoms with van der Waals surface area (Å²) in [5, 5.41) is 18.8. The first kappa shape index (κ1) is 13.3. The van der Waals surface area contributed by atoms with Gasteiger partial charge in [0.15, 0.2) is 0 Å². The summed E-state index contributed by atoms with van der Waals surface area (Å²) in [6.45, 7) is 3.35. The van der Waals surface area contributed by atoms with Crippen molar-refractivity contribution in [3.63, 3.8) is 0 Å². The van der Waals surface area contributed by atoms with E-state index >= 15 is 0 Å². The molecule has 5 heteroatoms. The van der Waals surface area contributed by atoms with Crippen LogP contribution in [0.2, 0.25) is 0 Å². The third-order valence-electron chi connectivity index (χ3n) is 2.33. The van der Waals surface area contributed by atoms with Crippen LogP contribution in [0, 0.1) is 0 Å².